The van der Waals surface area contributed by atoms with Crippen LogP contribution in [0.4, 0.5) is 0 Å². The van der Waals surface area contributed by atoms with Gasteiger partial charge in [-0.3, -0.25) is 9.59 Å². The first-order valence-corrected chi connectivity index (χ1v) is 7.94. The van der Waals surface area contributed by atoms with E-state index in [4.69, 9.17) is 4.74 Å². The molecule has 6 heteroatoms. The molecule has 0 aliphatic carbocycles. The Morgan fingerprint density at radius 1 is 1.63 bits per heavy atom. The molecule has 0 bridgehead atoms. The second-order valence-electron chi connectivity index (χ2n) is 5.65. The molecule has 0 aromatic rings. The summed E-state index contributed by atoms with van der Waals surface area (Å²) in [7, 11) is 0. The van der Waals surface area contributed by atoms with Crippen LogP contribution in [-0.4, -0.2) is 52.6 Å². The summed E-state index contributed by atoms with van der Waals surface area (Å²) < 4.78 is 5.49. The van der Waals surface area contributed by atoms with Crippen LogP contribution in [0, 0.1) is 0 Å². The number of nitrogens with one attached hydrogen (secondary N) is 1. The molecule has 19 heavy (non-hydrogen) atoms. The molecule has 3 heterocycles. The van der Waals surface area contributed by atoms with Gasteiger partial charge in [-0.1, -0.05) is 0 Å². The molecule has 0 spiro atoms. The fraction of sp³-hybridized carbons (Fsp3) is 0.846. The van der Waals surface area contributed by atoms with Crippen LogP contribution in [0.1, 0.15) is 32.6 Å². The summed E-state index contributed by atoms with van der Waals surface area (Å²) in [5.41, 5.74) is 0. The number of ether oxygens (including phenoxy) is 1. The first-order chi connectivity index (χ1) is 9.10. The Labute approximate surface area is 117 Å². The van der Waals surface area contributed by atoms with E-state index in [0.717, 1.165) is 25.9 Å². The highest BCUT2D eigenvalue weighted by atomic mass is 32.2. The Kier molecular flexibility index (Phi) is 3.47. The monoisotopic (exact) mass is 284 g/mol. The third kappa shape index (κ3) is 2.36. The quantitative estimate of drug-likeness (QED) is 0.830. The number of nitrogens with zero attached hydrogens (tertiary/aromatic N) is 1. The number of hydrogen-bond donors (Lipinski definition) is 1. The predicted molar refractivity (Wildman–Crippen MR) is 72.7 cm³/mol. The summed E-state index contributed by atoms with van der Waals surface area (Å²) in [6.45, 7) is 3.43. The van der Waals surface area contributed by atoms with Crippen LogP contribution < -0.4 is 5.32 Å². The highest BCUT2D eigenvalue weighted by molar-refractivity contribution is 8.01. The fourth-order valence-electron chi connectivity index (χ4n) is 3.15. The molecule has 3 fully saturated rings. The van der Waals surface area contributed by atoms with Gasteiger partial charge in [0, 0.05) is 25.3 Å². The molecule has 5 nitrogen and oxygen atoms in total. The van der Waals surface area contributed by atoms with Crippen molar-refractivity contribution < 1.29 is 14.3 Å². The van der Waals surface area contributed by atoms with E-state index in [1.165, 1.54) is 0 Å². The topological polar surface area (TPSA) is 58.6 Å². The van der Waals surface area contributed by atoms with Crippen LogP contribution in [0.3, 0.4) is 0 Å². The van der Waals surface area contributed by atoms with E-state index in [1.807, 2.05) is 0 Å². The van der Waals surface area contributed by atoms with Crippen molar-refractivity contribution in [1.29, 1.82) is 0 Å². The van der Waals surface area contributed by atoms with E-state index in [1.54, 1.807) is 16.7 Å². The molecule has 2 amide bonds. The molecular weight excluding hydrogens is 264 g/mol. The molecule has 0 saturated carbocycles. The standard InChI is InChI=1S/C13H20N2O3S/c1-13-5-4-11(16)15(13)10(8-19-13)12(17)14-7-9-3-2-6-18-9/h9-10H,2-8H2,1H3,(H,14,17)/t9-,10-,13-/m0/s1. The maximum absolute atomic E-state index is 12.3. The average molecular weight is 284 g/mol. The van der Waals surface area contributed by atoms with Crippen LogP contribution in [0.15, 0.2) is 0 Å². The molecule has 1 N–H and O–H groups in total. The highest BCUT2D eigenvalue weighted by Gasteiger charge is 2.52. The molecule has 106 valence electrons. The van der Waals surface area contributed by atoms with Gasteiger partial charge in [0.1, 0.15) is 6.04 Å². The Bertz CT molecular complexity index is 397. The van der Waals surface area contributed by atoms with E-state index in [-0.39, 0.29) is 28.8 Å². The van der Waals surface area contributed by atoms with E-state index >= 15 is 0 Å². The molecule has 3 rings (SSSR count). The van der Waals surface area contributed by atoms with Gasteiger partial charge in [0.15, 0.2) is 0 Å². The first kappa shape index (κ1) is 13.2. The van der Waals surface area contributed by atoms with Gasteiger partial charge < -0.3 is 15.0 Å². The van der Waals surface area contributed by atoms with Crippen LogP contribution in [0.5, 0.6) is 0 Å². The highest BCUT2D eigenvalue weighted by Crippen LogP contribution is 2.47. The summed E-state index contributed by atoms with van der Waals surface area (Å²) >= 11 is 1.73. The van der Waals surface area contributed by atoms with Crippen molar-refractivity contribution in [3.05, 3.63) is 0 Å². The average Bonchev–Trinajstić information content (AvgIpc) is 3.06. The second kappa shape index (κ2) is 4.98. The number of fused-ring (bicyclic) bond motifs is 1. The number of carbonyl (C=O) groups is 2. The van der Waals surface area contributed by atoms with Gasteiger partial charge in [0.2, 0.25) is 11.8 Å². The minimum absolute atomic E-state index is 0.0259. The zero-order valence-corrected chi connectivity index (χ0v) is 12.0. The van der Waals surface area contributed by atoms with Crippen LogP contribution >= 0.6 is 11.8 Å². The number of rotatable bonds is 3. The lowest BCUT2D eigenvalue weighted by atomic mass is 10.2. The SMILES string of the molecule is C[C@]12CCC(=O)N1[C@H](C(=O)NC[C@@H]1CCCO1)CS2. The number of hydrogen-bond acceptors (Lipinski definition) is 4. The van der Waals surface area contributed by atoms with Crippen molar-refractivity contribution in [3.63, 3.8) is 0 Å². The van der Waals surface area contributed by atoms with Gasteiger partial charge in [-0.25, -0.2) is 0 Å². The normalized spacial score (nSPS) is 37.7. The molecule has 3 aliphatic rings. The lowest BCUT2D eigenvalue weighted by molar-refractivity contribution is -0.138. The van der Waals surface area contributed by atoms with E-state index < -0.39 is 0 Å². The zero-order valence-electron chi connectivity index (χ0n) is 11.2. The van der Waals surface area contributed by atoms with Gasteiger partial charge in [-0.05, 0) is 26.2 Å². The van der Waals surface area contributed by atoms with Crippen LogP contribution in [0.25, 0.3) is 0 Å². The lowest BCUT2D eigenvalue weighted by Gasteiger charge is -2.30. The van der Waals surface area contributed by atoms with Crippen molar-refractivity contribution in [2.45, 2.75) is 49.6 Å². The summed E-state index contributed by atoms with van der Waals surface area (Å²) in [4.78, 5) is 25.8. The lowest BCUT2D eigenvalue weighted by Crippen LogP contribution is -2.51. The molecule has 0 aromatic heterocycles. The minimum atomic E-state index is -0.300. The largest absolute Gasteiger partial charge is 0.376 e. The van der Waals surface area contributed by atoms with Gasteiger partial charge >= 0.3 is 0 Å². The summed E-state index contributed by atoms with van der Waals surface area (Å²) in [5.74, 6) is 0.798. The van der Waals surface area contributed by atoms with Crippen molar-refractivity contribution in [2.75, 3.05) is 18.9 Å². The predicted octanol–water partition coefficient (Wildman–Crippen LogP) is 0.736. The van der Waals surface area contributed by atoms with Crippen LogP contribution in [0.2, 0.25) is 0 Å². The van der Waals surface area contributed by atoms with E-state index in [2.05, 4.69) is 12.2 Å². The Morgan fingerprint density at radius 3 is 3.21 bits per heavy atom. The molecule has 0 unspecified atom stereocenters. The third-order valence-corrected chi connectivity index (χ3v) is 5.78. The molecule has 3 aliphatic heterocycles. The van der Waals surface area contributed by atoms with Gasteiger partial charge in [0.05, 0.1) is 11.0 Å². The second-order valence-corrected chi connectivity index (χ2v) is 7.15. The molecule has 0 radical (unpaired) electrons. The molecule has 0 aromatic carbocycles. The smallest absolute Gasteiger partial charge is 0.243 e. The maximum atomic E-state index is 12.3. The number of thioether (sulfide) groups is 1. The molecule has 3 atom stereocenters. The van der Waals surface area contributed by atoms with E-state index in [9.17, 15) is 9.59 Å². The third-order valence-electron chi connectivity index (χ3n) is 4.28. The fourth-order valence-corrected chi connectivity index (χ4v) is 4.58. The van der Waals surface area contributed by atoms with Crippen molar-refractivity contribution in [1.82, 2.24) is 10.2 Å². The number of amides is 2. The maximum Gasteiger partial charge on any atom is 0.243 e. The Balaban J connectivity index is 1.59. The van der Waals surface area contributed by atoms with Crippen molar-refractivity contribution >= 4 is 23.6 Å². The van der Waals surface area contributed by atoms with Crippen molar-refractivity contribution in [2.24, 2.45) is 0 Å². The van der Waals surface area contributed by atoms with Crippen molar-refractivity contribution in [3.8, 4) is 0 Å². The number of carbonyl (C=O) groups excluding carboxylic acids is 2. The van der Waals surface area contributed by atoms with Gasteiger partial charge in [-0.2, -0.15) is 0 Å². The van der Waals surface area contributed by atoms with Gasteiger partial charge in [-0.15, -0.1) is 11.8 Å². The molecular formula is C13H20N2O3S. The summed E-state index contributed by atoms with van der Waals surface area (Å²) in [6, 6.07) is -0.300. The van der Waals surface area contributed by atoms with Crippen LogP contribution in [-0.2, 0) is 14.3 Å². The summed E-state index contributed by atoms with van der Waals surface area (Å²) in [5, 5.41) is 2.95. The van der Waals surface area contributed by atoms with E-state index in [0.29, 0.717) is 18.7 Å². The Morgan fingerprint density at radius 2 is 2.47 bits per heavy atom. The molecule has 3 saturated heterocycles. The summed E-state index contributed by atoms with van der Waals surface area (Å²) in [6.07, 6.45) is 3.66. The Hall–Kier alpha value is -0.750. The minimum Gasteiger partial charge on any atom is -0.376 e. The first-order valence-electron chi connectivity index (χ1n) is 6.95. The zero-order chi connectivity index (χ0) is 13.5. The van der Waals surface area contributed by atoms with Gasteiger partial charge in [0.25, 0.3) is 0 Å².